The van der Waals surface area contributed by atoms with Crippen LogP contribution in [0.1, 0.15) is 28.6 Å². The van der Waals surface area contributed by atoms with Crippen LogP contribution in [-0.2, 0) is 17.3 Å². The summed E-state index contributed by atoms with van der Waals surface area (Å²) in [5, 5.41) is 2.74. The van der Waals surface area contributed by atoms with E-state index in [4.69, 9.17) is 4.74 Å². The van der Waals surface area contributed by atoms with Crippen molar-refractivity contribution in [1.29, 1.82) is 0 Å². The van der Waals surface area contributed by atoms with Crippen molar-refractivity contribution in [2.45, 2.75) is 25.6 Å². The van der Waals surface area contributed by atoms with Crippen LogP contribution in [0.4, 0.5) is 24.5 Å². The van der Waals surface area contributed by atoms with Crippen LogP contribution in [0.15, 0.2) is 54.7 Å². The van der Waals surface area contributed by atoms with E-state index in [1.54, 1.807) is 6.07 Å². The molecule has 2 aliphatic rings. The fourth-order valence-corrected chi connectivity index (χ4v) is 6.00. The first-order valence-corrected chi connectivity index (χ1v) is 13.6. The molecule has 1 fully saturated rings. The maximum atomic E-state index is 13.0. The number of pyridine rings is 1. The number of morpholine rings is 1. The summed E-state index contributed by atoms with van der Waals surface area (Å²) >= 11 is 1.87. The molecule has 2 aliphatic heterocycles. The number of carbonyl (C=O) groups is 1. The Hall–Kier alpha value is -3.12. The molecule has 1 amide bonds. The summed E-state index contributed by atoms with van der Waals surface area (Å²) in [7, 11) is 0. The maximum absolute atomic E-state index is 13.0. The third-order valence-electron chi connectivity index (χ3n) is 7.09. The number of carbonyl (C=O) groups excluding carboxylic acids is 1. The normalized spacial score (nSPS) is 18.2. The van der Waals surface area contributed by atoms with Crippen molar-refractivity contribution in [2.75, 3.05) is 42.0 Å². The molecule has 0 aliphatic carbocycles. The number of aryl methyl sites for hydroxylation is 1. The molecule has 2 aromatic carbocycles. The second kappa shape index (κ2) is 12.4. The van der Waals surface area contributed by atoms with Gasteiger partial charge in [-0.1, -0.05) is 18.2 Å². The van der Waals surface area contributed by atoms with Gasteiger partial charge in [0.15, 0.2) is 0 Å². The molecular formula is C28H34F3N3O4S. The first-order chi connectivity index (χ1) is 17.7. The Balaban J connectivity index is 0.00000187. The van der Waals surface area contributed by atoms with Gasteiger partial charge in [0.2, 0.25) is 0 Å². The number of anilines is 2. The van der Waals surface area contributed by atoms with Gasteiger partial charge in [-0.15, -0.1) is 0 Å². The molecular weight excluding hydrogens is 531 g/mol. The van der Waals surface area contributed by atoms with Crippen molar-refractivity contribution in [3.05, 3.63) is 77.1 Å². The Labute approximate surface area is 230 Å². The van der Waals surface area contributed by atoms with E-state index in [9.17, 15) is 18.0 Å². The number of ether oxygens (including phenoxy) is 1. The van der Waals surface area contributed by atoms with Crippen LogP contribution in [0.3, 0.4) is 0 Å². The third-order valence-corrected chi connectivity index (χ3v) is 7.85. The molecule has 5 N–H and O–H groups in total. The number of thioether (sulfide) groups is 1. The highest BCUT2D eigenvalue weighted by molar-refractivity contribution is 7.98. The molecule has 7 nitrogen and oxygen atoms in total. The monoisotopic (exact) mass is 565 g/mol. The van der Waals surface area contributed by atoms with Crippen LogP contribution in [0.5, 0.6) is 0 Å². The highest BCUT2D eigenvalue weighted by atomic mass is 32.2. The van der Waals surface area contributed by atoms with E-state index in [1.165, 1.54) is 17.3 Å². The zero-order valence-corrected chi connectivity index (χ0v) is 22.5. The fraction of sp³-hybridized carbons (Fsp3) is 0.357. The van der Waals surface area contributed by atoms with Crippen LogP contribution >= 0.6 is 11.8 Å². The van der Waals surface area contributed by atoms with E-state index in [0.29, 0.717) is 24.3 Å². The predicted octanol–water partition coefficient (Wildman–Crippen LogP) is 4.67. The number of rotatable bonds is 5. The molecule has 2 unspecified atom stereocenters. The van der Waals surface area contributed by atoms with Crippen molar-refractivity contribution >= 4 is 29.0 Å². The lowest BCUT2D eigenvalue weighted by Gasteiger charge is -2.46. The van der Waals surface area contributed by atoms with E-state index >= 15 is 0 Å². The summed E-state index contributed by atoms with van der Waals surface area (Å²) < 4.78 is 44.9. The number of aromatic nitrogens is 1. The highest BCUT2D eigenvalue weighted by Gasteiger charge is 2.36. The average Bonchev–Trinajstić information content (AvgIpc) is 2.89. The Morgan fingerprint density at radius 3 is 2.72 bits per heavy atom. The van der Waals surface area contributed by atoms with Gasteiger partial charge in [-0.2, -0.15) is 24.9 Å². The van der Waals surface area contributed by atoms with E-state index in [2.05, 4.69) is 39.7 Å². The average molecular weight is 566 g/mol. The summed E-state index contributed by atoms with van der Waals surface area (Å²) in [6, 6.07) is 14.5. The zero-order chi connectivity index (χ0) is 26.2. The van der Waals surface area contributed by atoms with Crippen molar-refractivity contribution in [2.24, 2.45) is 5.92 Å². The number of nitrogens with one attached hydrogen (secondary N) is 1. The summed E-state index contributed by atoms with van der Waals surface area (Å²) in [6.45, 7) is 4.30. The topological polar surface area (TPSA) is 117 Å². The standard InChI is InChI=1S/C28H28F3N3O2S.2H2O.H2/c1-17-3-6-22(33-27(35)20-7-8-32-26(13-20)28(29,30)31)14-23(17)18-4-5-19-11-21(16-37-2)25-15-36-10-9-34(25)24(19)12-18;;;/h3-8,12-14,21,25H,9-11,15-16H2,1-2H3,(H,33,35);2*1H2;1H. The lowest BCUT2D eigenvalue weighted by atomic mass is 9.85. The van der Waals surface area contributed by atoms with Crippen molar-refractivity contribution < 1.29 is 35.1 Å². The molecule has 3 aromatic rings. The zero-order valence-electron chi connectivity index (χ0n) is 21.6. The number of fused-ring (bicyclic) bond motifs is 3. The van der Waals surface area contributed by atoms with Crippen molar-refractivity contribution in [3.63, 3.8) is 0 Å². The molecule has 0 radical (unpaired) electrons. The molecule has 1 aromatic heterocycles. The van der Waals surface area contributed by atoms with E-state index in [-0.39, 0.29) is 17.9 Å². The summed E-state index contributed by atoms with van der Waals surface area (Å²) in [4.78, 5) is 18.5. The number of amides is 1. The minimum Gasteiger partial charge on any atom is -0.412 e. The molecule has 3 heterocycles. The summed E-state index contributed by atoms with van der Waals surface area (Å²) in [5.74, 6) is 1.01. The molecule has 0 bridgehead atoms. The Morgan fingerprint density at radius 1 is 1.18 bits per heavy atom. The Morgan fingerprint density at radius 2 is 1.97 bits per heavy atom. The third kappa shape index (κ3) is 6.38. The van der Waals surface area contributed by atoms with E-state index < -0.39 is 17.8 Å². The van der Waals surface area contributed by atoms with Gasteiger partial charge >= 0.3 is 6.18 Å². The fourth-order valence-electron chi connectivity index (χ4n) is 5.23. The molecule has 2 atom stereocenters. The van der Waals surface area contributed by atoms with Crippen molar-refractivity contribution in [3.8, 4) is 11.1 Å². The van der Waals surface area contributed by atoms with Gasteiger partial charge in [0.25, 0.3) is 5.91 Å². The molecule has 0 saturated carbocycles. The smallest absolute Gasteiger partial charge is 0.412 e. The van der Waals surface area contributed by atoms with Crippen LogP contribution in [0, 0.1) is 12.8 Å². The number of nitrogens with zero attached hydrogens (tertiary/aromatic N) is 2. The van der Waals surface area contributed by atoms with Gasteiger partial charge in [0.1, 0.15) is 5.69 Å². The van der Waals surface area contributed by atoms with Crippen LogP contribution in [0.25, 0.3) is 11.1 Å². The van der Waals surface area contributed by atoms with Crippen molar-refractivity contribution in [1.82, 2.24) is 4.98 Å². The number of halogens is 3. The number of benzene rings is 2. The Bertz CT molecular complexity index is 1330. The molecule has 5 rings (SSSR count). The second-order valence-corrected chi connectivity index (χ2v) is 10.4. The van der Waals surface area contributed by atoms with Crippen LogP contribution in [-0.4, -0.2) is 59.7 Å². The summed E-state index contributed by atoms with van der Waals surface area (Å²) in [6.07, 6.45) is -0.463. The predicted molar refractivity (Wildman–Crippen MR) is 151 cm³/mol. The lowest BCUT2D eigenvalue weighted by molar-refractivity contribution is -0.141. The van der Waals surface area contributed by atoms with Gasteiger partial charge < -0.3 is 25.9 Å². The molecule has 11 heteroatoms. The largest absolute Gasteiger partial charge is 0.433 e. The maximum Gasteiger partial charge on any atom is 0.433 e. The minimum atomic E-state index is -4.62. The Kier molecular flexibility index (Phi) is 9.65. The molecule has 39 heavy (non-hydrogen) atoms. The van der Waals surface area contributed by atoms with Crippen LogP contribution < -0.4 is 10.2 Å². The SMILES string of the molecule is CSCC1Cc2ccc(-c3cc(NC(=O)c4ccnc(C(F)(F)F)c4)ccc3C)cc2N2CCOCC12.O.O.[HH]. The van der Waals surface area contributed by atoms with Gasteiger partial charge in [0.05, 0.1) is 19.3 Å². The number of hydrogen-bond donors (Lipinski definition) is 1. The van der Waals surface area contributed by atoms with Gasteiger partial charge in [0, 0.05) is 31.1 Å². The van der Waals surface area contributed by atoms with E-state index in [1.807, 2.05) is 30.8 Å². The molecule has 212 valence electrons. The van der Waals surface area contributed by atoms with E-state index in [0.717, 1.165) is 54.3 Å². The van der Waals surface area contributed by atoms with Gasteiger partial charge in [-0.05, 0) is 83.9 Å². The van der Waals surface area contributed by atoms with Gasteiger partial charge in [-0.25, -0.2) is 0 Å². The quantitative estimate of drug-likeness (QED) is 0.483. The molecule has 1 saturated heterocycles. The second-order valence-electron chi connectivity index (χ2n) is 9.51. The lowest BCUT2D eigenvalue weighted by Crippen LogP contribution is -2.53. The molecule has 0 spiro atoms. The van der Waals surface area contributed by atoms with Crippen LogP contribution in [0.2, 0.25) is 0 Å². The number of alkyl halides is 3. The van der Waals surface area contributed by atoms with Gasteiger partial charge in [-0.3, -0.25) is 9.78 Å². The summed E-state index contributed by atoms with van der Waals surface area (Å²) in [5.41, 5.74) is 4.91. The first kappa shape index (κ1) is 30.4. The minimum absolute atomic E-state index is 0. The first-order valence-electron chi connectivity index (χ1n) is 12.2. The number of hydrogen-bond acceptors (Lipinski definition) is 5. The highest BCUT2D eigenvalue weighted by Crippen LogP contribution is 2.40.